The minimum absolute atomic E-state index is 0. The van der Waals surface area contributed by atoms with Gasteiger partial charge in [-0.15, -0.1) is 0 Å². The summed E-state index contributed by atoms with van der Waals surface area (Å²) in [5.74, 6) is -0.521. The van der Waals surface area contributed by atoms with Gasteiger partial charge in [0.2, 0.25) is 0 Å². The molecule has 4 N–H and O–H groups in total. The van der Waals surface area contributed by atoms with Crippen LogP contribution in [0.2, 0.25) is 0 Å². The van der Waals surface area contributed by atoms with Gasteiger partial charge in [0.15, 0.2) is 11.6 Å². The molecule has 4 rings (SSSR count). The average Bonchev–Trinajstić information content (AvgIpc) is 3.01. The number of Topliss-reactive ketones (excluding diaryl/α,β-unsaturated/α-hetero) is 2. The topological polar surface area (TPSA) is 135 Å². The van der Waals surface area contributed by atoms with Crippen LogP contribution in [0.1, 0.15) is 0 Å². The molecule has 0 heterocycles. The van der Waals surface area contributed by atoms with E-state index in [0.29, 0.717) is 47.1 Å². The molecule has 0 fully saturated rings. The first kappa shape index (κ1) is 32.4. The van der Waals surface area contributed by atoms with Gasteiger partial charge in [-0.3, -0.25) is 19.2 Å². The monoisotopic (exact) mass is 624 g/mol. The first-order valence-electron chi connectivity index (χ1n) is 13.0. The number of rotatable bonds is 11. The number of ether oxygens (including phenoxy) is 2. The molecule has 0 radical (unpaired) electrons. The van der Waals surface area contributed by atoms with Crippen LogP contribution in [0.25, 0.3) is 0 Å². The van der Waals surface area contributed by atoms with E-state index in [0.717, 1.165) is 0 Å². The number of anilines is 2. The van der Waals surface area contributed by atoms with Gasteiger partial charge in [0, 0.05) is 64.5 Å². The number of carbonyl (C=O) groups excluding carboxylic acids is 4. The van der Waals surface area contributed by atoms with Crippen LogP contribution in [0, 0.1) is 0 Å². The van der Waals surface area contributed by atoms with E-state index in [1.165, 1.54) is 24.6 Å². The fraction of sp³-hybridized carbons (Fsp3) is 0.125. The molecule has 0 unspecified atom stereocenters. The van der Waals surface area contributed by atoms with Gasteiger partial charge >= 0.3 is 0 Å². The zero-order valence-corrected chi connectivity index (χ0v) is 24.4. The van der Waals surface area contributed by atoms with E-state index < -0.39 is 23.4 Å². The summed E-state index contributed by atoms with van der Waals surface area (Å²) in [4.78, 5) is 51.0. The molecule has 2 amide bonds. The fourth-order valence-electron chi connectivity index (χ4n) is 3.95. The molecular weight excluding hydrogens is 595 g/mol. The first-order valence-corrected chi connectivity index (χ1v) is 13.0. The van der Waals surface area contributed by atoms with Gasteiger partial charge in [-0.05, 0) is 72.8 Å². The van der Waals surface area contributed by atoms with Crippen molar-refractivity contribution >= 4 is 34.8 Å². The molecule has 2 aliphatic carbocycles. The summed E-state index contributed by atoms with van der Waals surface area (Å²) >= 11 is 0. The van der Waals surface area contributed by atoms with Crippen LogP contribution in [0.3, 0.4) is 0 Å². The van der Waals surface area contributed by atoms with Crippen LogP contribution in [-0.4, -0.2) is 50.7 Å². The third-order valence-electron chi connectivity index (χ3n) is 6.20. The number of carbonyl (C=O) groups is 4. The minimum Gasteiger partial charge on any atom is -0.497 e. The number of methoxy groups -OCH3 is 2. The Bertz CT molecular complexity index is 1430. The van der Waals surface area contributed by atoms with Crippen molar-refractivity contribution in [1.82, 2.24) is 10.6 Å². The minimum atomic E-state index is -0.509. The van der Waals surface area contributed by atoms with E-state index >= 15 is 0 Å². The Hall–Kier alpha value is -5.15. The molecule has 11 heteroatoms. The molecule has 10 nitrogen and oxygen atoms in total. The Morgan fingerprint density at radius 3 is 1.37 bits per heavy atom. The molecule has 0 saturated heterocycles. The number of hydrogen-bond donors (Lipinski definition) is 4. The molecule has 2 aromatic carbocycles. The van der Waals surface area contributed by atoms with E-state index in [4.69, 9.17) is 9.47 Å². The smallest absolute Gasteiger partial charge is 0.259 e. The second-order valence-electron chi connectivity index (χ2n) is 9.01. The SMILES string of the molecule is COc1ccc(NC(=O)C2=CC=C/C(=C/NCCN/C=C3/C=CC=C(C(=O)Nc4ccc(OC)cc4)C3=O)C2=O)cc1.[Ni]. The van der Waals surface area contributed by atoms with E-state index in [9.17, 15) is 19.2 Å². The van der Waals surface area contributed by atoms with E-state index in [1.54, 1.807) is 87.1 Å². The molecule has 0 aliphatic heterocycles. The number of nitrogens with one attached hydrogen (secondary N) is 4. The molecule has 0 aromatic heterocycles. The number of hydrogen-bond acceptors (Lipinski definition) is 8. The summed E-state index contributed by atoms with van der Waals surface area (Å²) in [5, 5.41) is 11.5. The van der Waals surface area contributed by atoms with Crippen LogP contribution >= 0.6 is 0 Å². The third-order valence-corrected chi connectivity index (χ3v) is 6.20. The van der Waals surface area contributed by atoms with Crippen molar-refractivity contribution < 1.29 is 45.1 Å². The summed E-state index contributed by atoms with van der Waals surface area (Å²) in [5.41, 5.74) is 1.79. The molecular formula is C32H30N4NiO6. The molecule has 0 spiro atoms. The predicted octanol–water partition coefficient (Wildman–Crippen LogP) is 3.36. The van der Waals surface area contributed by atoms with Gasteiger partial charge < -0.3 is 30.7 Å². The van der Waals surface area contributed by atoms with E-state index in [1.807, 2.05) is 0 Å². The Morgan fingerprint density at radius 2 is 1.02 bits per heavy atom. The van der Waals surface area contributed by atoms with Crippen molar-refractivity contribution in [3.05, 3.63) is 120 Å². The van der Waals surface area contributed by atoms with Gasteiger partial charge in [0.25, 0.3) is 11.8 Å². The maximum Gasteiger partial charge on any atom is 0.259 e. The summed E-state index contributed by atoms with van der Waals surface area (Å²) in [6.45, 7) is 0.841. The summed E-state index contributed by atoms with van der Waals surface area (Å²) in [7, 11) is 3.10. The Morgan fingerprint density at radius 1 is 0.651 bits per heavy atom. The second kappa shape index (κ2) is 15.7. The van der Waals surface area contributed by atoms with Gasteiger partial charge in [-0.25, -0.2) is 0 Å². The molecule has 2 aromatic rings. The molecule has 43 heavy (non-hydrogen) atoms. The zero-order valence-electron chi connectivity index (χ0n) is 23.4. The van der Waals surface area contributed by atoms with Gasteiger partial charge in [-0.2, -0.15) is 0 Å². The van der Waals surface area contributed by atoms with E-state index in [2.05, 4.69) is 21.3 Å². The zero-order chi connectivity index (χ0) is 29.9. The van der Waals surface area contributed by atoms with Gasteiger partial charge in [0.1, 0.15) is 11.5 Å². The standard InChI is InChI=1S/C32H30N4O6.Ni/c1-41-25-13-9-23(10-14-25)35-31(39)27-7-3-5-21(29(27)37)19-33-17-18-34-20-22-6-4-8-28(30(22)38)32(40)36-24-11-15-26(42-2)16-12-24;/h3-16,19-20,33-34H,17-18H2,1-2H3,(H,35,39)(H,36,40);/b21-19-,22-20-;. The average molecular weight is 625 g/mol. The maximum atomic E-state index is 12.8. The summed E-state index contributed by atoms with van der Waals surface area (Å²) < 4.78 is 10.2. The van der Waals surface area contributed by atoms with Crippen molar-refractivity contribution in [2.24, 2.45) is 0 Å². The van der Waals surface area contributed by atoms with Crippen LogP contribution in [0.4, 0.5) is 11.4 Å². The molecule has 224 valence electrons. The van der Waals surface area contributed by atoms with Crippen molar-refractivity contribution in [2.45, 2.75) is 0 Å². The quantitative estimate of drug-likeness (QED) is 0.129. The number of amides is 2. The summed E-state index contributed by atoms with van der Waals surface area (Å²) in [6.07, 6.45) is 12.5. The Balaban J connectivity index is 0.00000506. The second-order valence-corrected chi connectivity index (χ2v) is 9.01. The fourth-order valence-corrected chi connectivity index (χ4v) is 3.95. The van der Waals surface area contributed by atoms with Crippen LogP contribution < -0.4 is 30.7 Å². The van der Waals surface area contributed by atoms with Crippen molar-refractivity contribution in [2.75, 3.05) is 37.9 Å². The molecule has 2 aliphatic rings. The van der Waals surface area contributed by atoms with Gasteiger partial charge in [-0.1, -0.05) is 12.2 Å². The number of allylic oxidation sites excluding steroid dienone is 8. The normalized spacial score (nSPS) is 15.7. The van der Waals surface area contributed by atoms with Crippen molar-refractivity contribution in [3.8, 4) is 11.5 Å². The Labute approximate surface area is 259 Å². The van der Waals surface area contributed by atoms with Crippen molar-refractivity contribution in [1.29, 1.82) is 0 Å². The van der Waals surface area contributed by atoms with Crippen molar-refractivity contribution in [3.63, 3.8) is 0 Å². The molecule has 0 bridgehead atoms. The maximum absolute atomic E-state index is 12.8. The van der Waals surface area contributed by atoms with Crippen LogP contribution in [0.5, 0.6) is 11.5 Å². The molecule has 0 atom stereocenters. The number of ketones is 2. The Kier molecular flexibility index (Phi) is 11.9. The first-order chi connectivity index (χ1) is 20.4. The largest absolute Gasteiger partial charge is 0.497 e. The molecule has 0 saturated carbocycles. The van der Waals surface area contributed by atoms with E-state index in [-0.39, 0.29) is 27.6 Å². The predicted molar refractivity (Wildman–Crippen MR) is 160 cm³/mol. The third kappa shape index (κ3) is 8.67. The van der Waals surface area contributed by atoms with Gasteiger partial charge in [0.05, 0.1) is 25.4 Å². The van der Waals surface area contributed by atoms with Crippen LogP contribution in [0.15, 0.2) is 120 Å². The summed E-state index contributed by atoms with van der Waals surface area (Å²) in [6, 6.07) is 13.6. The number of benzene rings is 2. The van der Waals surface area contributed by atoms with Crippen LogP contribution in [-0.2, 0) is 35.7 Å².